The molecule has 0 radical (unpaired) electrons. The first kappa shape index (κ1) is 14.5. The van der Waals surface area contributed by atoms with Crippen molar-refractivity contribution in [3.63, 3.8) is 0 Å². The number of hydrogen-bond donors (Lipinski definition) is 1. The minimum atomic E-state index is -0.198. The van der Waals surface area contributed by atoms with Gasteiger partial charge in [0.15, 0.2) is 0 Å². The third-order valence-electron chi connectivity index (χ3n) is 4.27. The molecule has 3 heteroatoms. The summed E-state index contributed by atoms with van der Waals surface area (Å²) in [4.78, 5) is 2.45. The molecule has 1 atom stereocenters. The van der Waals surface area contributed by atoms with Crippen molar-refractivity contribution in [2.24, 2.45) is 11.1 Å². The van der Waals surface area contributed by atoms with E-state index in [9.17, 15) is 4.39 Å². The molecule has 1 aromatic rings. The Bertz CT molecular complexity index is 407. The van der Waals surface area contributed by atoms with Crippen LogP contribution in [0.1, 0.15) is 44.7 Å². The molecular formula is C16H25FN2. The van der Waals surface area contributed by atoms with Crippen molar-refractivity contribution in [3.8, 4) is 0 Å². The Kier molecular flexibility index (Phi) is 4.58. The molecule has 1 aliphatic heterocycles. The van der Waals surface area contributed by atoms with Gasteiger partial charge in [0.1, 0.15) is 5.82 Å². The lowest BCUT2D eigenvalue weighted by Crippen LogP contribution is -2.38. The lowest BCUT2D eigenvalue weighted by Gasteiger charge is -2.37. The molecule has 1 saturated heterocycles. The van der Waals surface area contributed by atoms with E-state index in [4.69, 9.17) is 5.73 Å². The van der Waals surface area contributed by atoms with Crippen LogP contribution in [0, 0.1) is 11.2 Å². The number of piperidine rings is 1. The fraction of sp³-hybridized carbons (Fsp3) is 0.625. The van der Waals surface area contributed by atoms with Crippen LogP contribution in [0.3, 0.4) is 0 Å². The van der Waals surface area contributed by atoms with Crippen molar-refractivity contribution >= 4 is 0 Å². The van der Waals surface area contributed by atoms with E-state index in [0.29, 0.717) is 11.0 Å². The van der Waals surface area contributed by atoms with Crippen molar-refractivity contribution in [1.29, 1.82) is 0 Å². The molecule has 2 rings (SSSR count). The second-order valence-electron chi connectivity index (χ2n) is 6.42. The molecule has 1 aliphatic rings. The van der Waals surface area contributed by atoms with Crippen LogP contribution in [-0.4, -0.2) is 24.5 Å². The topological polar surface area (TPSA) is 29.3 Å². The van der Waals surface area contributed by atoms with Crippen LogP contribution in [0.2, 0.25) is 0 Å². The number of benzene rings is 1. The average molecular weight is 264 g/mol. The molecule has 0 aromatic heterocycles. The Morgan fingerprint density at radius 3 is 2.53 bits per heavy atom. The van der Waals surface area contributed by atoms with Gasteiger partial charge in [-0.2, -0.15) is 0 Å². The van der Waals surface area contributed by atoms with Crippen LogP contribution in [0.4, 0.5) is 4.39 Å². The van der Waals surface area contributed by atoms with Gasteiger partial charge in [0, 0.05) is 11.6 Å². The Morgan fingerprint density at radius 1 is 1.26 bits per heavy atom. The van der Waals surface area contributed by atoms with Crippen LogP contribution in [-0.2, 0) is 0 Å². The van der Waals surface area contributed by atoms with Crippen LogP contribution in [0.25, 0.3) is 0 Å². The molecule has 0 amide bonds. The molecule has 2 N–H and O–H groups in total. The standard InChI is InChI=1S/C16H25FN2/c1-16(2)8-11-19(12-9-16)10-7-15(18)13-5-3-4-6-14(13)17/h3-6,15H,7-12,18H2,1-2H3. The Balaban J connectivity index is 1.82. The average Bonchev–Trinajstić information content (AvgIpc) is 2.38. The summed E-state index contributed by atoms with van der Waals surface area (Å²) >= 11 is 0. The maximum absolute atomic E-state index is 13.6. The zero-order valence-corrected chi connectivity index (χ0v) is 12.0. The molecule has 1 heterocycles. The first-order chi connectivity index (χ1) is 8.98. The number of nitrogens with two attached hydrogens (primary N) is 1. The van der Waals surface area contributed by atoms with Gasteiger partial charge in [-0.05, 0) is 50.4 Å². The van der Waals surface area contributed by atoms with Gasteiger partial charge in [-0.15, -0.1) is 0 Å². The highest BCUT2D eigenvalue weighted by Crippen LogP contribution is 2.30. The van der Waals surface area contributed by atoms with Crippen molar-refractivity contribution in [2.75, 3.05) is 19.6 Å². The third kappa shape index (κ3) is 4.02. The zero-order chi connectivity index (χ0) is 13.9. The zero-order valence-electron chi connectivity index (χ0n) is 12.0. The molecule has 0 bridgehead atoms. The molecule has 1 fully saturated rings. The largest absolute Gasteiger partial charge is 0.324 e. The Labute approximate surface area is 115 Å². The van der Waals surface area contributed by atoms with Crippen molar-refractivity contribution in [2.45, 2.75) is 39.2 Å². The summed E-state index contributed by atoms with van der Waals surface area (Å²) in [5.74, 6) is -0.185. The maximum atomic E-state index is 13.6. The number of halogens is 1. The summed E-state index contributed by atoms with van der Waals surface area (Å²) in [6, 6.07) is 6.63. The number of hydrogen-bond acceptors (Lipinski definition) is 2. The molecule has 1 unspecified atom stereocenters. The van der Waals surface area contributed by atoms with Crippen molar-refractivity contribution in [1.82, 2.24) is 4.90 Å². The molecular weight excluding hydrogens is 239 g/mol. The molecule has 0 spiro atoms. The normalized spacial score (nSPS) is 21.3. The lowest BCUT2D eigenvalue weighted by atomic mass is 9.82. The minimum absolute atomic E-state index is 0.185. The molecule has 0 aliphatic carbocycles. The first-order valence-electron chi connectivity index (χ1n) is 7.20. The van der Waals surface area contributed by atoms with Gasteiger partial charge >= 0.3 is 0 Å². The maximum Gasteiger partial charge on any atom is 0.127 e. The highest BCUT2D eigenvalue weighted by Gasteiger charge is 2.25. The molecule has 19 heavy (non-hydrogen) atoms. The van der Waals surface area contributed by atoms with E-state index >= 15 is 0 Å². The second-order valence-corrected chi connectivity index (χ2v) is 6.42. The van der Waals surface area contributed by atoms with Gasteiger partial charge in [0.05, 0.1) is 0 Å². The predicted molar refractivity (Wildman–Crippen MR) is 77.4 cm³/mol. The van der Waals surface area contributed by atoms with Crippen LogP contribution in [0.5, 0.6) is 0 Å². The quantitative estimate of drug-likeness (QED) is 0.903. The SMILES string of the molecule is CC1(C)CCN(CCC(N)c2ccccc2F)CC1. The van der Waals surface area contributed by atoms with Gasteiger partial charge in [0.25, 0.3) is 0 Å². The van der Waals surface area contributed by atoms with Crippen LogP contribution < -0.4 is 5.73 Å². The van der Waals surface area contributed by atoms with E-state index in [1.165, 1.54) is 18.9 Å². The monoisotopic (exact) mass is 264 g/mol. The molecule has 0 saturated carbocycles. The fourth-order valence-corrected chi connectivity index (χ4v) is 2.63. The van der Waals surface area contributed by atoms with Gasteiger partial charge in [-0.25, -0.2) is 4.39 Å². The summed E-state index contributed by atoms with van der Waals surface area (Å²) in [5, 5.41) is 0. The van der Waals surface area contributed by atoms with Gasteiger partial charge in [-0.1, -0.05) is 32.0 Å². The minimum Gasteiger partial charge on any atom is -0.324 e. The Morgan fingerprint density at radius 2 is 1.89 bits per heavy atom. The van der Waals surface area contributed by atoms with Crippen molar-refractivity contribution in [3.05, 3.63) is 35.6 Å². The molecule has 1 aromatic carbocycles. The molecule has 2 nitrogen and oxygen atoms in total. The van der Waals surface area contributed by atoms with Gasteiger partial charge in [-0.3, -0.25) is 0 Å². The fourth-order valence-electron chi connectivity index (χ4n) is 2.63. The van der Waals surface area contributed by atoms with Crippen molar-refractivity contribution < 1.29 is 4.39 Å². The smallest absolute Gasteiger partial charge is 0.127 e. The summed E-state index contributed by atoms with van der Waals surface area (Å²) in [7, 11) is 0. The summed E-state index contributed by atoms with van der Waals surface area (Å²) in [6.07, 6.45) is 3.30. The summed E-state index contributed by atoms with van der Waals surface area (Å²) < 4.78 is 13.6. The van der Waals surface area contributed by atoms with Crippen LogP contribution in [0.15, 0.2) is 24.3 Å². The van der Waals surface area contributed by atoms with E-state index in [-0.39, 0.29) is 11.9 Å². The Hall–Kier alpha value is -0.930. The van der Waals surface area contributed by atoms with E-state index in [2.05, 4.69) is 18.7 Å². The molecule has 106 valence electrons. The number of rotatable bonds is 4. The van der Waals surface area contributed by atoms with Gasteiger partial charge in [0.2, 0.25) is 0 Å². The number of nitrogens with zero attached hydrogens (tertiary/aromatic N) is 1. The van der Waals surface area contributed by atoms with Crippen LogP contribution >= 0.6 is 0 Å². The van der Waals surface area contributed by atoms with E-state index in [1.54, 1.807) is 12.1 Å². The van der Waals surface area contributed by atoms with E-state index in [0.717, 1.165) is 26.1 Å². The third-order valence-corrected chi connectivity index (χ3v) is 4.27. The highest BCUT2D eigenvalue weighted by atomic mass is 19.1. The van der Waals surface area contributed by atoms with E-state index < -0.39 is 0 Å². The predicted octanol–water partition coefficient (Wildman–Crippen LogP) is 3.34. The number of likely N-dealkylation sites (tertiary alicyclic amines) is 1. The van der Waals surface area contributed by atoms with E-state index in [1.807, 2.05) is 6.07 Å². The second kappa shape index (κ2) is 6.02. The van der Waals surface area contributed by atoms with Gasteiger partial charge < -0.3 is 10.6 Å². The first-order valence-corrected chi connectivity index (χ1v) is 7.20. The highest BCUT2D eigenvalue weighted by molar-refractivity contribution is 5.20. The summed E-state index contributed by atoms with van der Waals surface area (Å²) in [6.45, 7) is 7.89. The lowest BCUT2D eigenvalue weighted by molar-refractivity contribution is 0.129. The summed E-state index contributed by atoms with van der Waals surface area (Å²) in [5.41, 5.74) is 7.21.